The van der Waals surface area contributed by atoms with Gasteiger partial charge in [-0.25, -0.2) is 4.98 Å². The third-order valence-corrected chi connectivity index (χ3v) is 7.03. The number of rotatable bonds is 6. The number of ether oxygens (including phenoxy) is 1. The molecule has 1 aliphatic rings. The van der Waals surface area contributed by atoms with Crippen LogP contribution in [0, 0.1) is 6.92 Å². The van der Waals surface area contributed by atoms with Gasteiger partial charge >= 0.3 is 6.36 Å². The van der Waals surface area contributed by atoms with Gasteiger partial charge in [-0.3, -0.25) is 19.5 Å². The Morgan fingerprint density at radius 2 is 1.76 bits per heavy atom. The van der Waals surface area contributed by atoms with Crippen LogP contribution >= 0.6 is 11.3 Å². The second kappa shape index (κ2) is 9.75. The summed E-state index contributed by atoms with van der Waals surface area (Å²) in [5, 5.41) is 11.5. The van der Waals surface area contributed by atoms with Gasteiger partial charge in [-0.15, -0.1) is 24.5 Å². The van der Waals surface area contributed by atoms with Gasteiger partial charge in [0.1, 0.15) is 10.8 Å². The number of benzene rings is 2. The topological polar surface area (TPSA) is 92.6 Å². The molecule has 11 heteroatoms. The van der Waals surface area contributed by atoms with E-state index in [2.05, 4.69) is 14.7 Å². The van der Waals surface area contributed by atoms with Crippen LogP contribution in [0.5, 0.6) is 5.75 Å². The highest BCUT2D eigenvalue weighted by Crippen LogP contribution is 2.43. The van der Waals surface area contributed by atoms with Crippen LogP contribution in [0.15, 0.2) is 90.5 Å². The van der Waals surface area contributed by atoms with E-state index in [4.69, 9.17) is 0 Å². The maximum Gasteiger partial charge on any atom is 0.573 e. The van der Waals surface area contributed by atoms with Gasteiger partial charge in [0.05, 0.1) is 22.2 Å². The molecule has 0 saturated heterocycles. The number of aliphatic hydroxyl groups excluding tert-OH is 1. The Bertz CT molecular complexity index is 1540. The van der Waals surface area contributed by atoms with Crippen LogP contribution in [0.1, 0.15) is 27.0 Å². The molecule has 2 aromatic heterocycles. The lowest BCUT2D eigenvalue weighted by molar-refractivity contribution is -0.274. The average molecular weight is 538 g/mol. The third kappa shape index (κ3) is 4.75. The SMILES string of the molecule is Cc1nc(-c2ccccc2)sc1C(=O)C1=C(O)C(=O)N(c2ccc(OC(F)(F)F)cc2)C1c1cccnc1. The number of halogens is 3. The molecular formula is C27H18F3N3O4S. The fourth-order valence-electron chi connectivity index (χ4n) is 4.20. The predicted molar refractivity (Wildman–Crippen MR) is 134 cm³/mol. The number of carbonyl (C=O) groups is 2. The first kappa shape index (κ1) is 25.2. The zero-order chi connectivity index (χ0) is 27.0. The Morgan fingerprint density at radius 1 is 1.05 bits per heavy atom. The number of nitrogens with zero attached hydrogens (tertiary/aromatic N) is 3. The van der Waals surface area contributed by atoms with E-state index in [1.54, 1.807) is 19.1 Å². The summed E-state index contributed by atoms with van der Waals surface area (Å²) >= 11 is 1.14. The summed E-state index contributed by atoms with van der Waals surface area (Å²) in [5.74, 6) is -2.69. The second-order valence-electron chi connectivity index (χ2n) is 8.30. The van der Waals surface area contributed by atoms with Crippen molar-refractivity contribution in [3.05, 3.63) is 107 Å². The average Bonchev–Trinajstić information content (AvgIpc) is 3.41. The minimum absolute atomic E-state index is 0.152. The molecule has 0 radical (unpaired) electrons. The maximum atomic E-state index is 13.8. The van der Waals surface area contributed by atoms with Crippen molar-refractivity contribution in [3.63, 3.8) is 0 Å². The van der Waals surface area contributed by atoms with Crippen molar-refractivity contribution in [1.82, 2.24) is 9.97 Å². The minimum Gasteiger partial charge on any atom is -0.503 e. The van der Waals surface area contributed by atoms with Crippen molar-refractivity contribution in [2.45, 2.75) is 19.3 Å². The Balaban J connectivity index is 1.56. The smallest absolute Gasteiger partial charge is 0.503 e. The first-order chi connectivity index (χ1) is 18.1. The highest BCUT2D eigenvalue weighted by molar-refractivity contribution is 7.17. The Labute approximate surface area is 218 Å². The molecule has 2 aromatic carbocycles. The van der Waals surface area contributed by atoms with Crippen LogP contribution in [0.4, 0.5) is 18.9 Å². The van der Waals surface area contributed by atoms with Crippen molar-refractivity contribution in [2.24, 2.45) is 0 Å². The molecule has 1 unspecified atom stereocenters. The molecule has 192 valence electrons. The molecule has 5 rings (SSSR count). The lowest BCUT2D eigenvalue weighted by atomic mass is 9.96. The predicted octanol–water partition coefficient (Wildman–Crippen LogP) is 6.20. The molecule has 4 aromatic rings. The van der Waals surface area contributed by atoms with E-state index in [9.17, 15) is 27.9 Å². The molecule has 3 heterocycles. The number of ketones is 1. The molecule has 0 saturated carbocycles. The summed E-state index contributed by atoms with van der Waals surface area (Å²) in [7, 11) is 0. The summed E-state index contributed by atoms with van der Waals surface area (Å²) in [6.07, 6.45) is -1.92. The Hall–Kier alpha value is -4.51. The second-order valence-corrected chi connectivity index (χ2v) is 9.30. The standard InChI is InChI=1S/C27H18F3N3O4S/c1-15-24(38-25(32-15)16-6-3-2-4-7-16)22(34)20-21(17-8-5-13-31-14-17)33(26(36)23(20)35)18-9-11-19(12-10-18)37-27(28,29)30/h2-14,21,35H,1H3. The molecule has 1 atom stereocenters. The van der Waals surface area contributed by atoms with Crippen molar-refractivity contribution >= 4 is 28.7 Å². The van der Waals surface area contributed by atoms with Crippen molar-refractivity contribution in [2.75, 3.05) is 4.90 Å². The fourth-order valence-corrected chi connectivity index (χ4v) is 5.22. The van der Waals surface area contributed by atoms with E-state index >= 15 is 0 Å². The first-order valence-corrected chi connectivity index (χ1v) is 12.1. The number of thiazole rings is 1. The molecule has 1 N–H and O–H groups in total. The summed E-state index contributed by atoms with van der Waals surface area (Å²) in [5.41, 5.74) is 1.65. The molecule has 7 nitrogen and oxygen atoms in total. The van der Waals surface area contributed by atoms with Gasteiger partial charge in [-0.1, -0.05) is 36.4 Å². The number of hydrogen-bond donors (Lipinski definition) is 1. The molecule has 0 fully saturated rings. The van der Waals surface area contributed by atoms with Gasteiger partial charge in [0.2, 0.25) is 5.78 Å². The number of anilines is 1. The summed E-state index contributed by atoms with van der Waals surface area (Å²) in [4.78, 5) is 37.1. The fraction of sp³-hybridized carbons (Fsp3) is 0.111. The van der Waals surface area contributed by atoms with Crippen LogP contribution < -0.4 is 9.64 Å². The molecule has 0 spiro atoms. The van der Waals surface area contributed by atoms with Gasteiger partial charge in [0, 0.05) is 23.6 Å². The largest absolute Gasteiger partial charge is 0.573 e. The van der Waals surface area contributed by atoms with Crippen LogP contribution in [0.25, 0.3) is 10.6 Å². The van der Waals surface area contributed by atoms with Crippen molar-refractivity contribution < 1.29 is 32.6 Å². The maximum absolute atomic E-state index is 13.8. The van der Waals surface area contributed by atoms with Crippen LogP contribution in [0.3, 0.4) is 0 Å². The van der Waals surface area contributed by atoms with E-state index in [0.717, 1.165) is 33.9 Å². The monoisotopic (exact) mass is 537 g/mol. The highest BCUT2D eigenvalue weighted by atomic mass is 32.1. The minimum atomic E-state index is -4.88. The lowest BCUT2D eigenvalue weighted by Gasteiger charge is -2.26. The summed E-state index contributed by atoms with van der Waals surface area (Å²) < 4.78 is 41.7. The van der Waals surface area contributed by atoms with E-state index in [0.29, 0.717) is 16.3 Å². The number of aromatic nitrogens is 2. The Morgan fingerprint density at radius 3 is 2.39 bits per heavy atom. The molecule has 0 bridgehead atoms. The number of amides is 1. The lowest BCUT2D eigenvalue weighted by Crippen LogP contribution is -2.31. The van der Waals surface area contributed by atoms with Crippen molar-refractivity contribution in [3.8, 4) is 16.3 Å². The summed E-state index contributed by atoms with van der Waals surface area (Å²) in [6, 6.07) is 16.0. The number of alkyl halides is 3. The van der Waals surface area contributed by atoms with E-state index < -0.39 is 35.6 Å². The quantitative estimate of drug-likeness (QED) is 0.295. The van der Waals surface area contributed by atoms with E-state index in [1.165, 1.54) is 24.5 Å². The zero-order valence-electron chi connectivity index (χ0n) is 19.6. The molecule has 38 heavy (non-hydrogen) atoms. The third-order valence-electron chi connectivity index (χ3n) is 5.82. The molecular weight excluding hydrogens is 519 g/mol. The number of aliphatic hydroxyl groups is 1. The van der Waals surface area contributed by atoms with E-state index in [-0.39, 0.29) is 16.1 Å². The number of Topliss-reactive ketones (excluding diaryl/α,β-unsaturated/α-hetero) is 1. The number of pyridine rings is 1. The van der Waals surface area contributed by atoms with Crippen LogP contribution in [-0.2, 0) is 4.79 Å². The number of hydrogen-bond acceptors (Lipinski definition) is 7. The zero-order valence-corrected chi connectivity index (χ0v) is 20.5. The number of aryl methyl sites for hydroxylation is 1. The molecule has 1 aliphatic heterocycles. The van der Waals surface area contributed by atoms with Gasteiger partial charge in [0.15, 0.2) is 5.76 Å². The summed E-state index contributed by atoms with van der Waals surface area (Å²) in [6.45, 7) is 1.67. The van der Waals surface area contributed by atoms with Gasteiger partial charge in [-0.2, -0.15) is 0 Å². The van der Waals surface area contributed by atoms with Gasteiger partial charge in [-0.05, 0) is 42.8 Å². The van der Waals surface area contributed by atoms with E-state index in [1.807, 2.05) is 30.3 Å². The van der Waals surface area contributed by atoms with Crippen molar-refractivity contribution in [1.29, 1.82) is 0 Å². The first-order valence-electron chi connectivity index (χ1n) is 11.2. The van der Waals surface area contributed by atoms with Gasteiger partial charge in [0.25, 0.3) is 5.91 Å². The molecule has 0 aliphatic carbocycles. The Kier molecular flexibility index (Phi) is 6.45. The van der Waals surface area contributed by atoms with Crippen LogP contribution in [-0.4, -0.2) is 33.1 Å². The molecule has 1 amide bonds. The highest BCUT2D eigenvalue weighted by Gasteiger charge is 2.45. The van der Waals surface area contributed by atoms with Gasteiger partial charge < -0.3 is 9.84 Å². The number of carbonyl (C=O) groups excluding carboxylic acids is 2. The van der Waals surface area contributed by atoms with Crippen LogP contribution in [0.2, 0.25) is 0 Å². The normalized spacial score (nSPS) is 15.7.